The zero-order chi connectivity index (χ0) is 8.39. The summed E-state index contributed by atoms with van der Waals surface area (Å²) in [7, 11) is 1.94. The highest BCUT2D eigenvalue weighted by Gasteiger charge is 2.01. The van der Waals surface area contributed by atoms with Crippen molar-refractivity contribution in [3.8, 4) is 0 Å². The third-order valence-corrected chi connectivity index (χ3v) is 2.03. The lowest BCUT2D eigenvalue weighted by Crippen LogP contribution is -1.85. The van der Waals surface area contributed by atoms with Gasteiger partial charge >= 0.3 is 0 Å². The molecule has 0 aliphatic heterocycles. The zero-order valence-corrected chi connectivity index (χ0v) is 7.20. The molecular formula is C10H12N2. The average molecular weight is 160 g/mol. The van der Waals surface area contributed by atoms with Gasteiger partial charge in [-0.05, 0) is 18.4 Å². The molecule has 0 bridgehead atoms. The van der Waals surface area contributed by atoms with Crippen molar-refractivity contribution in [2.45, 2.75) is 12.8 Å². The molecule has 1 aromatic heterocycles. The summed E-state index contributed by atoms with van der Waals surface area (Å²) in [6, 6.07) is 0. The molecule has 0 amide bonds. The van der Waals surface area contributed by atoms with Gasteiger partial charge in [0.25, 0.3) is 0 Å². The molecule has 2 nitrogen and oxygen atoms in total. The van der Waals surface area contributed by atoms with E-state index in [1.54, 1.807) is 0 Å². The van der Waals surface area contributed by atoms with E-state index in [4.69, 9.17) is 0 Å². The second kappa shape index (κ2) is 2.97. The quantitative estimate of drug-likeness (QED) is 0.615. The maximum Gasteiger partial charge on any atom is 0.0568 e. The van der Waals surface area contributed by atoms with E-state index in [1.165, 1.54) is 17.6 Å². The predicted octanol–water partition coefficient (Wildman–Crippen LogP) is 2.15. The van der Waals surface area contributed by atoms with Crippen LogP contribution < -0.4 is 0 Å². The molecule has 0 atom stereocenters. The monoisotopic (exact) mass is 160 g/mol. The van der Waals surface area contributed by atoms with Gasteiger partial charge in [0, 0.05) is 18.8 Å². The van der Waals surface area contributed by atoms with Crippen molar-refractivity contribution in [2.75, 3.05) is 0 Å². The summed E-state index contributed by atoms with van der Waals surface area (Å²) in [6.07, 6.45) is 12.9. The third-order valence-electron chi connectivity index (χ3n) is 2.03. The molecule has 0 spiro atoms. The van der Waals surface area contributed by atoms with Gasteiger partial charge in [-0.1, -0.05) is 18.2 Å². The van der Waals surface area contributed by atoms with E-state index in [0.29, 0.717) is 0 Å². The van der Waals surface area contributed by atoms with Crippen LogP contribution in [0.1, 0.15) is 18.4 Å². The SMILES string of the molecule is Cn1cc(C2=CCCC=C2)cn1. The molecule has 0 aromatic carbocycles. The highest BCUT2D eigenvalue weighted by Crippen LogP contribution is 2.19. The van der Waals surface area contributed by atoms with Crippen LogP contribution in [0.15, 0.2) is 30.6 Å². The van der Waals surface area contributed by atoms with Gasteiger partial charge in [-0.25, -0.2) is 0 Å². The van der Waals surface area contributed by atoms with Gasteiger partial charge in [-0.3, -0.25) is 4.68 Å². The van der Waals surface area contributed by atoms with Gasteiger partial charge in [-0.15, -0.1) is 0 Å². The minimum absolute atomic E-state index is 1.15. The molecule has 1 heterocycles. The number of hydrogen-bond donors (Lipinski definition) is 0. The maximum absolute atomic E-state index is 4.13. The van der Waals surface area contributed by atoms with E-state index in [9.17, 15) is 0 Å². The number of hydrogen-bond acceptors (Lipinski definition) is 1. The topological polar surface area (TPSA) is 17.8 Å². The summed E-state index contributed by atoms with van der Waals surface area (Å²) in [5.74, 6) is 0. The fraction of sp³-hybridized carbons (Fsp3) is 0.300. The van der Waals surface area contributed by atoms with Gasteiger partial charge in [0.15, 0.2) is 0 Å². The summed E-state index contributed by atoms with van der Waals surface area (Å²) >= 11 is 0. The molecule has 0 fully saturated rings. The second-order valence-electron chi connectivity index (χ2n) is 3.04. The summed E-state index contributed by atoms with van der Waals surface area (Å²) in [5, 5.41) is 4.13. The van der Waals surface area contributed by atoms with E-state index >= 15 is 0 Å². The minimum Gasteiger partial charge on any atom is -0.275 e. The Kier molecular flexibility index (Phi) is 1.82. The molecule has 0 saturated heterocycles. The summed E-state index contributed by atoms with van der Waals surface area (Å²) in [4.78, 5) is 0. The zero-order valence-electron chi connectivity index (χ0n) is 7.20. The Morgan fingerprint density at radius 1 is 1.42 bits per heavy atom. The minimum atomic E-state index is 1.15. The third kappa shape index (κ3) is 1.33. The largest absolute Gasteiger partial charge is 0.275 e. The molecule has 0 unspecified atom stereocenters. The molecular weight excluding hydrogens is 148 g/mol. The van der Waals surface area contributed by atoms with Gasteiger partial charge in [0.05, 0.1) is 6.20 Å². The van der Waals surface area contributed by atoms with Crippen LogP contribution in [-0.2, 0) is 7.05 Å². The van der Waals surface area contributed by atoms with Gasteiger partial charge < -0.3 is 0 Å². The van der Waals surface area contributed by atoms with Crippen molar-refractivity contribution >= 4 is 5.57 Å². The molecule has 2 heteroatoms. The highest BCUT2D eigenvalue weighted by molar-refractivity contribution is 5.73. The maximum atomic E-state index is 4.13. The van der Waals surface area contributed by atoms with Crippen molar-refractivity contribution in [3.05, 3.63) is 36.2 Å². The van der Waals surface area contributed by atoms with Crippen molar-refractivity contribution in [1.29, 1.82) is 0 Å². The van der Waals surface area contributed by atoms with Gasteiger partial charge in [-0.2, -0.15) is 5.10 Å². The van der Waals surface area contributed by atoms with Crippen LogP contribution in [0.3, 0.4) is 0 Å². The van der Waals surface area contributed by atoms with Crippen molar-refractivity contribution in [3.63, 3.8) is 0 Å². The highest BCUT2D eigenvalue weighted by atomic mass is 15.2. The molecule has 0 N–H and O–H groups in total. The first-order valence-corrected chi connectivity index (χ1v) is 4.22. The fourth-order valence-corrected chi connectivity index (χ4v) is 1.40. The lowest BCUT2D eigenvalue weighted by Gasteiger charge is -2.02. The number of aromatic nitrogens is 2. The first kappa shape index (κ1) is 7.35. The Morgan fingerprint density at radius 2 is 2.33 bits per heavy atom. The van der Waals surface area contributed by atoms with E-state index in [2.05, 4.69) is 23.3 Å². The van der Waals surface area contributed by atoms with Gasteiger partial charge in [0.2, 0.25) is 0 Å². The lowest BCUT2D eigenvalue weighted by atomic mass is 10.0. The summed E-state index contributed by atoms with van der Waals surface area (Å²) < 4.78 is 1.83. The molecule has 2 rings (SSSR count). The van der Waals surface area contributed by atoms with E-state index in [0.717, 1.165) is 6.42 Å². The van der Waals surface area contributed by atoms with Crippen LogP contribution in [0, 0.1) is 0 Å². The van der Waals surface area contributed by atoms with E-state index < -0.39 is 0 Å². The number of allylic oxidation sites excluding steroid dienone is 4. The van der Waals surface area contributed by atoms with E-state index in [-0.39, 0.29) is 0 Å². The number of rotatable bonds is 1. The van der Waals surface area contributed by atoms with Crippen molar-refractivity contribution in [2.24, 2.45) is 7.05 Å². The second-order valence-corrected chi connectivity index (χ2v) is 3.04. The molecule has 1 aliphatic rings. The summed E-state index contributed by atoms with van der Waals surface area (Å²) in [5.41, 5.74) is 2.52. The molecule has 0 radical (unpaired) electrons. The fourth-order valence-electron chi connectivity index (χ4n) is 1.40. The van der Waals surface area contributed by atoms with Crippen LogP contribution >= 0.6 is 0 Å². The van der Waals surface area contributed by atoms with Gasteiger partial charge in [0.1, 0.15) is 0 Å². The summed E-state index contributed by atoms with van der Waals surface area (Å²) in [6.45, 7) is 0. The standard InChI is InChI=1S/C10H12N2/c1-12-8-10(7-11-12)9-5-3-2-4-6-9/h3,5-8H,2,4H2,1H3. The van der Waals surface area contributed by atoms with Crippen LogP contribution in [0.5, 0.6) is 0 Å². The average Bonchev–Trinajstić information content (AvgIpc) is 2.54. The van der Waals surface area contributed by atoms with Crippen molar-refractivity contribution < 1.29 is 0 Å². The van der Waals surface area contributed by atoms with Crippen LogP contribution in [0.2, 0.25) is 0 Å². The molecule has 1 aliphatic carbocycles. The van der Waals surface area contributed by atoms with E-state index in [1.807, 2.05) is 24.1 Å². The van der Waals surface area contributed by atoms with Crippen molar-refractivity contribution in [1.82, 2.24) is 9.78 Å². The molecule has 1 aromatic rings. The predicted molar refractivity (Wildman–Crippen MR) is 49.6 cm³/mol. The lowest BCUT2D eigenvalue weighted by molar-refractivity contribution is 0.767. The van der Waals surface area contributed by atoms with Crippen LogP contribution in [-0.4, -0.2) is 9.78 Å². The Hall–Kier alpha value is -1.31. The number of aryl methyl sites for hydroxylation is 1. The first-order chi connectivity index (χ1) is 5.86. The number of nitrogens with zero attached hydrogens (tertiary/aromatic N) is 2. The Bertz CT molecular complexity index is 331. The molecule has 12 heavy (non-hydrogen) atoms. The Labute approximate surface area is 72.2 Å². The molecule has 62 valence electrons. The normalized spacial score (nSPS) is 16.2. The smallest absolute Gasteiger partial charge is 0.0568 e. The first-order valence-electron chi connectivity index (χ1n) is 4.22. The molecule has 0 saturated carbocycles. The Morgan fingerprint density at radius 3 is 2.92 bits per heavy atom. The van der Waals surface area contributed by atoms with Crippen LogP contribution in [0.25, 0.3) is 5.57 Å². The Balaban J connectivity index is 2.30. The van der Waals surface area contributed by atoms with Crippen LogP contribution in [0.4, 0.5) is 0 Å².